The summed E-state index contributed by atoms with van der Waals surface area (Å²) < 4.78 is 5.37. The lowest BCUT2D eigenvalue weighted by Crippen LogP contribution is -2.58. The van der Waals surface area contributed by atoms with Crippen LogP contribution in [0.5, 0.6) is 5.75 Å². The maximum Gasteiger partial charge on any atom is 0.183 e. The fourth-order valence-corrected chi connectivity index (χ4v) is 5.34. The van der Waals surface area contributed by atoms with Gasteiger partial charge in [-0.25, -0.2) is 0 Å². The van der Waals surface area contributed by atoms with Crippen LogP contribution in [0.25, 0.3) is 0 Å². The number of methoxy groups -OCH3 is 1. The maximum atomic E-state index is 13.7. The zero-order valence-corrected chi connectivity index (χ0v) is 17.6. The molecular formula is C25H31NO2. The summed E-state index contributed by atoms with van der Waals surface area (Å²) >= 11 is 0. The number of Topliss-reactive ketones (excluding diaryl/α,β-unsaturated/α-hetero) is 1. The van der Waals surface area contributed by atoms with Crippen molar-refractivity contribution in [2.45, 2.75) is 65.0 Å². The molecule has 0 radical (unpaired) electrons. The smallest absolute Gasteiger partial charge is 0.183 e. The van der Waals surface area contributed by atoms with Gasteiger partial charge < -0.3 is 4.74 Å². The Hall–Kier alpha value is -2.13. The number of benzene rings is 2. The minimum atomic E-state index is -0.344. The second kappa shape index (κ2) is 7.36. The molecule has 3 heteroatoms. The number of carbonyl (C=O) groups excluding carboxylic acids is 1. The number of piperidine rings is 1. The van der Waals surface area contributed by atoms with Gasteiger partial charge in [0.05, 0.1) is 12.6 Å². The van der Waals surface area contributed by atoms with E-state index in [1.54, 1.807) is 7.11 Å². The summed E-state index contributed by atoms with van der Waals surface area (Å²) in [6.07, 6.45) is 5.14. The van der Waals surface area contributed by atoms with Crippen molar-refractivity contribution < 1.29 is 9.53 Å². The number of ether oxygens (including phenoxy) is 1. The van der Waals surface area contributed by atoms with Gasteiger partial charge >= 0.3 is 0 Å². The highest BCUT2D eigenvalue weighted by atomic mass is 16.5. The molecule has 1 heterocycles. The molecule has 1 saturated heterocycles. The zero-order valence-electron chi connectivity index (χ0n) is 17.6. The Bertz CT molecular complexity index is 894. The van der Waals surface area contributed by atoms with Crippen LogP contribution in [0.4, 0.5) is 0 Å². The largest absolute Gasteiger partial charge is 0.497 e. The predicted molar refractivity (Wildman–Crippen MR) is 113 cm³/mol. The molecule has 1 fully saturated rings. The molecule has 2 aromatic rings. The van der Waals surface area contributed by atoms with E-state index in [9.17, 15) is 4.79 Å². The molecule has 0 bridgehead atoms. The summed E-state index contributed by atoms with van der Waals surface area (Å²) in [4.78, 5) is 16.2. The molecule has 1 aliphatic heterocycles. The Morgan fingerprint density at radius 1 is 1.04 bits per heavy atom. The highest BCUT2D eigenvalue weighted by molar-refractivity contribution is 6.05. The van der Waals surface area contributed by atoms with Gasteiger partial charge in [0.2, 0.25) is 0 Å². The van der Waals surface area contributed by atoms with Gasteiger partial charge in [-0.15, -0.1) is 0 Å². The normalized spacial score (nSPS) is 22.4. The molecule has 3 nitrogen and oxygen atoms in total. The average Bonchev–Trinajstić information content (AvgIpc) is 2.68. The van der Waals surface area contributed by atoms with Crippen LogP contribution in [0.2, 0.25) is 0 Å². The van der Waals surface area contributed by atoms with E-state index in [1.165, 1.54) is 28.7 Å². The standard InChI is InChI=1S/C25H31NO2/c1-17-13-18(2)23(19(3)14-17)16-26-12-6-5-10-25(26)11-9-20-15-21(28-4)7-8-22(20)24(25)27/h7-8,13-15H,5-6,9-12,16H2,1-4H3. The average molecular weight is 378 g/mol. The fraction of sp³-hybridized carbons (Fsp3) is 0.480. The first kappa shape index (κ1) is 19.2. The number of hydrogen-bond acceptors (Lipinski definition) is 3. The summed E-state index contributed by atoms with van der Waals surface area (Å²) in [5.41, 5.74) is 7.07. The zero-order chi connectivity index (χ0) is 19.9. The maximum absolute atomic E-state index is 13.7. The Kier molecular flexibility index (Phi) is 5.05. The van der Waals surface area contributed by atoms with Gasteiger partial charge in [-0.05, 0) is 99.9 Å². The van der Waals surface area contributed by atoms with E-state index in [0.29, 0.717) is 5.78 Å². The molecule has 1 spiro atoms. The molecule has 28 heavy (non-hydrogen) atoms. The topological polar surface area (TPSA) is 29.5 Å². The van der Waals surface area contributed by atoms with E-state index in [1.807, 2.05) is 18.2 Å². The van der Waals surface area contributed by atoms with Gasteiger partial charge in [0.1, 0.15) is 5.75 Å². The van der Waals surface area contributed by atoms with Gasteiger partial charge in [0.25, 0.3) is 0 Å². The Labute approximate surface area is 168 Å². The Balaban J connectivity index is 1.70. The predicted octanol–water partition coefficient (Wildman–Crippen LogP) is 5.17. The minimum absolute atomic E-state index is 0.318. The van der Waals surface area contributed by atoms with E-state index in [-0.39, 0.29) is 5.54 Å². The van der Waals surface area contributed by atoms with Gasteiger partial charge in [-0.2, -0.15) is 0 Å². The second-order valence-corrected chi connectivity index (χ2v) is 8.64. The summed E-state index contributed by atoms with van der Waals surface area (Å²) in [7, 11) is 1.68. The van der Waals surface area contributed by atoms with Crippen molar-refractivity contribution >= 4 is 5.78 Å². The molecule has 2 aromatic carbocycles. The second-order valence-electron chi connectivity index (χ2n) is 8.64. The minimum Gasteiger partial charge on any atom is -0.497 e. The van der Waals surface area contributed by atoms with Crippen molar-refractivity contribution in [3.63, 3.8) is 0 Å². The van der Waals surface area contributed by atoms with Crippen molar-refractivity contribution in [1.82, 2.24) is 4.90 Å². The van der Waals surface area contributed by atoms with E-state index in [0.717, 1.165) is 55.6 Å². The molecule has 4 rings (SSSR count). The van der Waals surface area contributed by atoms with Crippen LogP contribution in [0.3, 0.4) is 0 Å². The van der Waals surface area contributed by atoms with E-state index in [2.05, 4.69) is 37.8 Å². The van der Waals surface area contributed by atoms with Crippen molar-refractivity contribution in [2.75, 3.05) is 13.7 Å². The SMILES string of the molecule is COc1ccc2c(c1)CCC1(CCCCN1Cc1c(C)cc(C)cc1C)C2=O. The van der Waals surface area contributed by atoms with Crippen molar-refractivity contribution in [1.29, 1.82) is 0 Å². The Morgan fingerprint density at radius 3 is 2.50 bits per heavy atom. The van der Waals surface area contributed by atoms with Crippen LogP contribution < -0.4 is 4.74 Å². The fourth-order valence-electron chi connectivity index (χ4n) is 5.34. The number of ketones is 1. The van der Waals surface area contributed by atoms with Crippen LogP contribution in [0, 0.1) is 20.8 Å². The quantitative estimate of drug-likeness (QED) is 0.739. The summed E-state index contributed by atoms with van der Waals surface area (Å²) in [5, 5.41) is 0. The number of rotatable bonds is 3. The van der Waals surface area contributed by atoms with Crippen LogP contribution in [-0.2, 0) is 13.0 Å². The monoisotopic (exact) mass is 377 g/mol. The third-order valence-corrected chi connectivity index (χ3v) is 6.85. The van der Waals surface area contributed by atoms with Crippen LogP contribution in [0.1, 0.15) is 63.9 Å². The lowest BCUT2D eigenvalue weighted by molar-refractivity contribution is 0.0250. The number of aryl methyl sites for hydroxylation is 4. The molecule has 148 valence electrons. The molecular weight excluding hydrogens is 346 g/mol. The van der Waals surface area contributed by atoms with Crippen LogP contribution in [0.15, 0.2) is 30.3 Å². The molecule has 2 aliphatic rings. The third kappa shape index (κ3) is 3.16. The lowest BCUT2D eigenvalue weighted by atomic mass is 9.71. The van der Waals surface area contributed by atoms with Crippen molar-refractivity contribution in [2.24, 2.45) is 0 Å². The first-order valence-electron chi connectivity index (χ1n) is 10.5. The molecule has 0 amide bonds. The van der Waals surface area contributed by atoms with E-state index < -0.39 is 0 Å². The van der Waals surface area contributed by atoms with Crippen molar-refractivity contribution in [3.05, 3.63) is 63.7 Å². The number of nitrogens with zero attached hydrogens (tertiary/aromatic N) is 1. The highest BCUT2D eigenvalue weighted by Gasteiger charge is 2.48. The van der Waals surface area contributed by atoms with Gasteiger partial charge in [0.15, 0.2) is 5.78 Å². The van der Waals surface area contributed by atoms with Gasteiger partial charge in [-0.3, -0.25) is 9.69 Å². The molecule has 0 N–H and O–H groups in total. The first-order valence-corrected chi connectivity index (χ1v) is 10.5. The number of likely N-dealkylation sites (tertiary alicyclic amines) is 1. The lowest BCUT2D eigenvalue weighted by Gasteiger charge is -2.48. The highest BCUT2D eigenvalue weighted by Crippen LogP contribution is 2.41. The molecule has 1 aliphatic carbocycles. The van der Waals surface area contributed by atoms with Crippen LogP contribution in [-0.4, -0.2) is 29.9 Å². The summed E-state index contributed by atoms with van der Waals surface area (Å²) in [5.74, 6) is 1.16. The van der Waals surface area contributed by atoms with E-state index in [4.69, 9.17) is 4.74 Å². The molecule has 1 atom stereocenters. The molecule has 0 aromatic heterocycles. The number of fused-ring (bicyclic) bond motifs is 1. The summed E-state index contributed by atoms with van der Waals surface area (Å²) in [6, 6.07) is 10.5. The molecule has 0 saturated carbocycles. The number of hydrogen-bond donors (Lipinski definition) is 0. The van der Waals surface area contributed by atoms with Gasteiger partial charge in [-0.1, -0.05) is 17.7 Å². The van der Waals surface area contributed by atoms with Crippen LogP contribution >= 0.6 is 0 Å². The third-order valence-electron chi connectivity index (χ3n) is 6.85. The Morgan fingerprint density at radius 2 is 1.79 bits per heavy atom. The number of carbonyl (C=O) groups is 1. The van der Waals surface area contributed by atoms with E-state index >= 15 is 0 Å². The van der Waals surface area contributed by atoms with Crippen molar-refractivity contribution in [3.8, 4) is 5.75 Å². The molecule has 1 unspecified atom stereocenters. The summed E-state index contributed by atoms with van der Waals surface area (Å²) in [6.45, 7) is 8.44. The first-order chi connectivity index (χ1) is 13.4. The van der Waals surface area contributed by atoms with Gasteiger partial charge in [0, 0.05) is 12.1 Å².